The Hall–Kier alpha value is -3.41. The largest absolute Gasteiger partial charge is 0.472 e. The Morgan fingerprint density at radius 2 is 1.84 bits per heavy atom. The monoisotopic (exact) mass is 519 g/mol. The number of alkyl halides is 3. The van der Waals surface area contributed by atoms with Gasteiger partial charge in [-0.1, -0.05) is 12.1 Å². The molecule has 1 N–H and O–H groups in total. The number of rotatable bonds is 6. The Balaban J connectivity index is 1.23. The number of methoxy groups -OCH3 is 1. The number of benzene rings is 1. The lowest BCUT2D eigenvalue weighted by molar-refractivity contribution is -0.137. The smallest absolute Gasteiger partial charge is 0.416 e. The number of hydrogen-bond donors (Lipinski definition) is 1. The predicted octanol–water partition coefficient (Wildman–Crippen LogP) is 3.13. The molecule has 0 bridgehead atoms. The zero-order chi connectivity index (χ0) is 26.2. The molecule has 1 aromatic carbocycles. The van der Waals surface area contributed by atoms with E-state index in [2.05, 4.69) is 24.9 Å². The van der Waals surface area contributed by atoms with Crippen LogP contribution in [0.4, 0.5) is 18.0 Å². The van der Waals surface area contributed by atoms with Crippen LogP contribution >= 0.6 is 0 Å². The maximum absolute atomic E-state index is 13.5. The van der Waals surface area contributed by atoms with Crippen LogP contribution in [-0.2, 0) is 15.7 Å². The number of nitrogens with zero attached hydrogens (tertiary/aromatic N) is 4. The van der Waals surface area contributed by atoms with Gasteiger partial charge in [0.15, 0.2) is 0 Å². The van der Waals surface area contributed by atoms with Gasteiger partial charge in [0, 0.05) is 44.6 Å². The number of piperazine rings is 1. The van der Waals surface area contributed by atoms with Gasteiger partial charge in [-0.2, -0.15) is 13.2 Å². The van der Waals surface area contributed by atoms with Crippen LogP contribution in [0.1, 0.15) is 48.0 Å². The van der Waals surface area contributed by atoms with E-state index in [1.165, 1.54) is 12.1 Å². The number of nitrogens with one attached hydrogen (secondary N) is 1. The van der Waals surface area contributed by atoms with Gasteiger partial charge in [0.1, 0.15) is 12.1 Å². The highest BCUT2D eigenvalue weighted by Gasteiger charge is 2.40. The molecule has 1 aliphatic carbocycles. The predicted molar refractivity (Wildman–Crippen MR) is 125 cm³/mol. The molecular formula is C25H28F3N5O4. The molecule has 1 saturated carbocycles. The van der Waals surface area contributed by atoms with Crippen LogP contribution in [0.5, 0.6) is 5.88 Å². The van der Waals surface area contributed by atoms with E-state index in [-0.39, 0.29) is 17.7 Å². The lowest BCUT2D eigenvalue weighted by atomic mass is 10.0. The number of fused-ring (bicyclic) bond motifs is 1. The number of hydrogen-bond acceptors (Lipinski definition) is 7. The zero-order valence-electron chi connectivity index (χ0n) is 20.3. The molecule has 2 aliphatic heterocycles. The molecule has 0 radical (unpaired) electrons. The summed E-state index contributed by atoms with van der Waals surface area (Å²) in [6, 6.07) is 3.07. The second-order valence-electron chi connectivity index (χ2n) is 9.65. The first-order valence-corrected chi connectivity index (χ1v) is 12.2. The number of ether oxygens (including phenoxy) is 2. The molecule has 2 aromatic rings. The molecule has 198 valence electrons. The highest BCUT2D eigenvalue weighted by molar-refractivity contribution is 5.87. The van der Waals surface area contributed by atoms with Gasteiger partial charge in [-0.25, -0.2) is 9.78 Å². The van der Waals surface area contributed by atoms with Crippen LogP contribution in [0.15, 0.2) is 36.7 Å². The SMILES string of the molecule is COC(=O)N[C@@H](C(=O)N1CCN2C[C@H](Oc3cnc(C4CC4)cn3)C[C@H]2C1)c1ccc(C(F)(F)F)cc1. The molecule has 0 spiro atoms. The van der Waals surface area contributed by atoms with Gasteiger partial charge in [-0.3, -0.25) is 14.7 Å². The van der Waals surface area contributed by atoms with Gasteiger partial charge in [-0.05, 0) is 30.5 Å². The van der Waals surface area contributed by atoms with E-state index < -0.39 is 29.8 Å². The van der Waals surface area contributed by atoms with Gasteiger partial charge in [0.05, 0.1) is 30.8 Å². The number of amides is 2. The number of carbonyl (C=O) groups excluding carboxylic acids is 2. The summed E-state index contributed by atoms with van der Waals surface area (Å²) in [6.45, 7) is 2.13. The average molecular weight is 520 g/mol. The minimum atomic E-state index is -4.50. The molecule has 2 amide bonds. The third kappa shape index (κ3) is 5.79. The summed E-state index contributed by atoms with van der Waals surface area (Å²) in [6.07, 6.45) is 0.969. The van der Waals surface area contributed by atoms with Crippen LogP contribution in [0.2, 0.25) is 0 Å². The van der Waals surface area contributed by atoms with Crippen LogP contribution in [0.3, 0.4) is 0 Å². The van der Waals surface area contributed by atoms with E-state index in [0.717, 1.165) is 37.8 Å². The topological polar surface area (TPSA) is 96.9 Å². The van der Waals surface area contributed by atoms with Crippen LogP contribution in [-0.4, -0.2) is 77.2 Å². The van der Waals surface area contributed by atoms with Gasteiger partial charge < -0.3 is 19.7 Å². The third-order valence-corrected chi connectivity index (χ3v) is 7.09. The molecule has 9 nitrogen and oxygen atoms in total. The number of alkyl carbamates (subject to hydrolysis) is 1. The molecule has 37 heavy (non-hydrogen) atoms. The molecule has 3 aliphatic rings. The molecule has 2 saturated heterocycles. The Bertz CT molecular complexity index is 1120. The van der Waals surface area contributed by atoms with Gasteiger partial charge in [-0.15, -0.1) is 0 Å². The summed E-state index contributed by atoms with van der Waals surface area (Å²) in [7, 11) is 1.16. The lowest BCUT2D eigenvalue weighted by Crippen LogP contribution is -2.54. The van der Waals surface area contributed by atoms with Crippen molar-refractivity contribution in [1.29, 1.82) is 0 Å². The summed E-state index contributed by atoms with van der Waals surface area (Å²) >= 11 is 0. The van der Waals surface area contributed by atoms with E-state index in [9.17, 15) is 22.8 Å². The fourth-order valence-electron chi connectivity index (χ4n) is 4.94. The summed E-state index contributed by atoms with van der Waals surface area (Å²) < 4.78 is 49.7. The summed E-state index contributed by atoms with van der Waals surface area (Å²) in [4.78, 5) is 38.1. The Morgan fingerprint density at radius 3 is 2.46 bits per heavy atom. The summed E-state index contributed by atoms with van der Waals surface area (Å²) in [5.74, 6) is 0.591. The number of aromatic nitrogens is 2. The molecule has 12 heteroatoms. The van der Waals surface area contributed by atoms with Crippen molar-refractivity contribution in [3.63, 3.8) is 0 Å². The molecule has 3 atom stereocenters. The lowest BCUT2D eigenvalue weighted by Gasteiger charge is -2.38. The molecular weight excluding hydrogens is 491 g/mol. The van der Waals surface area contributed by atoms with E-state index >= 15 is 0 Å². The zero-order valence-corrected chi connectivity index (χ0v) is 20.3. The third-order valence-electron chi connectivity index (χ3n) is 7.09. The quantitative estimate of drug-likeness (QED) is 0.627. The van der Waals surface area contributed by atoms with E-state index in [1.807, 2.05) is 0 Å². The standard InChI is InChI=1S/C25H28F3N5O4/c1-36-24(35)31-22(16-4-6-17(7-5-16)25(26,27)28)23(34)33-9-8-32-14-19(10-18(32)13-33)37-21-12-29-20(11-30-21)15-2-3-15/h4-7,11-12,15,18-19,22H,2-3,8-10,13-14H2,1H3,(H,31,35)/t18-,19+,22+/m0/s1. The van der Waals surface area contributed by atoms with Crippen LogP contribution < -0.4 is 10.1 Å². The van der Waals surface area contributed by atoms with Gasteiger partial charge in [0.25, 0.3) is 0 Å². The van der Waals surface area contributed by atoms with Crippen LogP contribution in [0.25, 0.3) is 0 Å². The van der Waals surface area contributed by atoms with Crippen molar-refractivity contribution in [2.45, 2.75) is 49.5 Å². The second kappa shape index (κ2) is 10.2. The fraction of sp³-hybridized carbons (Fsp3) is 0.520. The first-order chi connectivity index (χ1) is 17.7. The molecule has 3 heterocycles. The average Bonchev–Trinajstić information content (AvgIpc) is 3.66. The number of halogens is 3. The second-order valence-corrected chi connectivity index (χ2v) is 9.65. The molecule has 1 aromatic heterocycles. The minimum absolute atomic E-state index is 0.0489. The summed E-state index contributed by atoms with van der Waals surface area (Å²) in [5.41, 5.74) is 0.401. The van der Waals surface area contributed by atoms with Gasteiger partial charge >= 0.3 is 12.3 Å². The van der Waals surface area contributed by atoms with Crippen molar-refractivity contribution in [3.05, 3.63) is 53.5 Å². The van der Waals surface area contributed by atoms with Crippen molar-refractivity contribution < 1.29 is 32.2 Å². The molecule has 5 rings (SSSR count). The Kier molecular flexibility index (Phi) is 6.93. The van der Waals surface area contributed by atoms with E-state index in [4.69, 9.17) is 4.74 Å². The van der Waals surface area contributed by atoms with Crippen molar-refractivity contribution in [3.8, 4) is 5.88 Å². The van der Waals surface area contributed by atoms with Crippen molar-refractivity contribution in [1.82, 2.24) is 25.1 Å². The van der Waals surface area contributed by atoms with Crippen molar-refractivity contribution in [2.75, 3.05) is 33.3 Å². The highest BCUT2D eigenvalue weighted by atomic mass is 19.4. The molecule has 0 unspecified atom stereocenters. The van der Waals surface area contributed by atoms with Crippen LogP contribution in [0, 0.1) is 0 Å². The Labute approximate surface area is 212 Å². The van der Waals surface area contributed by atoms with Crippen molar-refractivity contribution >= 4 is 12.0 Å². The minimum Gasteiger partial charge on any atom is -0.472 e. The maximum Gasteiger partial charge on any atom is 0.416 e. The first-order valence-electron chi connectivity index (χ1n) is 12.2. The van der Waals surface area contributed by atoms with E-state index in [1.54, 1.807) is 17.3 Å². The maximum atomic E-state index is 13.5. The highest BCUT2D eigenvalue weighted by Crippen LogP contribution is 2.38. The number of carbonyl (C=O) groups is 2. The fourth-order valence-corrected chi connectivity index (χ4v) is 4.94. The van der Waals surface area contributed by atoms with Crippen molar-refractivity contribution in [2.24, 2.45) is 0 Å². The Morgan fingerprint density at radius 1 is 1.08 bits per heavy atom. The molecule has 3 fully saturated rings. The van der Waals surface area contributed by atoms with E-state index in [0.29, 0.717) is 44.4 Å². The van der Waals surface area contributed by atoms with Gasteiger partial charge in [0.2, 0.25) is 11.8 Å². The normalized spacial score (nSPS) is 22.8. The first kappa shape index (κ1) is 25.2. The summed E-state index contributed by atoms with van der Waals surface area (Å²) in [5, 5.41) is 2.47.